The number of fused-ring (bicyclic) bond motifs is 1. The van der Waals surface area contributed by atoms with Gasteiger partial charge in [-0.05, 0) is 49.4 Å². The van der Waals surface area contributed by atoms with Crippen LogP contribution in [0.1, 0.15) is 11.3 Å². The van der Waals surface area contributed by atoms with Crippen molar-refractivity contribution in [1.29, 1.82) is 0 Å². The van der Waals surface area contributed by atoms with Gasteiger partial charge in [0.2, 0.25) is 4.96 Å². The van der Waals surface area contributed by atoms with Crippen molar-refractivity contribution in [3.63, 3.8) is 0 Å². The van der Waals surface area contributed by atoms with Gasteiger partial charge in [-0.2, -0.15) is 19.7 Å². The summed E-state index contributed by atoms with van der Waals surface area (Å²) in [7, 11) is 0. The zero-order chi connectivity index (χ0) is 21.5. The van der Waals surface area contributed by atoms with Crippen LogP contribution in [0.3, 0.4) is 0 Å². The van der Waals surface area contributed by atoms with Gasteiger partial charge in [0.25, 0.3) is 11.1 Å². The van der Waals surface area contributed by atoms with Gasteiger partial charge in [0.05, 0.1) is 10.2 Å². The molecule has 31 heavy (non-hydrogen) atoms. The van der Waals surface area contributed by atoms with Gasteiger partial charge >= 0.3 is 0 Å². The second-order valence-corrected chi connectivity index (χ2v) is 7.84. The van der Waals surface area contributed by atoms with Crippen molar-refractivity contribution in [2.75, 3.05) is 0 Å². The van der Waals surface area contributed by atoms with Crippen LogP contribution in [-0.2, 0) is 0 Å². The molecule has 0 saturated heterocycles. The molecule has 0 spiro atoms. The number of aryl methyl sites for hydroxylation is 1. The van der Waals surface area contributed by atoms with Crippen molar-refractivity contribution in [1.82, 2.24) is 24.4 Å². The molecule has 5 rings (SSSR count). The van der Waals surface area contributed by atoms with Crippen molar-refractivity contribution in [2.24, 2.45) is 0 Å². The summed E-state index contributed by atoms with van der Waals surface area (Å²) in [6, 6.07) is 15.5. The third-order valence-electron chi connectivity index (χ3n) is 4.71. The highest BCUT2D eigenvalue weighted by Crippen LogP contribution is 2.24. The second kappa shape index (κ2) is 7.37. The Morgan fingerprint density at radius 3 is 2.48 bits per heavy atom. The van der Waals surface area contributed by atoms with Crippen LogP contribution >= 0.6 is 11.3 Å². The molecule has 7 nitrogen and oxygen atoms in total. The monoisotopic (exact) mass is 431 g/mol. The quantitative estimate of drug-likeness (QED) is 0.438. The number of benzene rings is 2. The van der Waals surface area contributed by atoms with E-state index in [2.05, 4.69) is 15.2 Å². The fourth-order valence-electron chi connectivity index (χ4n) is 3.17. The molecule has 5 aromatic rings. The van der Waals surface area contributed by atoms with E-state index in [1.54, 1.807) is 29.1 Å². The number of nitrogens with zero attached hydrogens (tertiary/aromatic N) is 5. The van der Waals surface area contributed by atoms with Crippen LogP contribution in [-0.4, -0.2) is 24.4 Å². The summed E-state index contributed by atoms with van der Waals surface area (Å²) >= 11 is 1.08. The predicted octanol–water partition coefficient (Wildman–Crippen LogP) is 2.36. The lowest BCUT2D eigenvalue weighted by Crippen LogP contribution is -2.27. The van der Waals surface area contributed by atoms with Crippen LogP contribution in [0.2, 0.25) is 0 Å². The Hall–Kier alpha value is -3.98. The molecule has 0 radical (unpaired) electrons. The molecular formula is C22H14FN5O2S. The minimum absolute atomic E-state index is 0.155. The number of hydrogen-bond acceptors (Lipinski definition) is 6. The Bertz CT molecular complexity index is 1590. The van der Waals surface area contributed by atoms with Crippen LogP contribution in [0.25, 0.3) is 28.0 Å². The average Bonchev–Trinajstić information content (AvgIpc) is 3.32. The van der Waals surface area contributed by atoms with E-state index in [9.17, 15) is 14.0 Å². The third-order valence-corrected chi connectivity index (χ3v) is 5.67. The summed E-state index contributed by atoms with van der Waals surface area (Å²) in [5.74, 6) is -0.347. The zero-order valence-electron chi connectivity index (χ0n) is 16.2. The maximum atomic E-state index is 13.4. The standard InChI is InChI=1S/C22H14FN5O2S/c1-13-20(29)24-22-28(25-13)21(30)18(31-22)11-15-12-27(17-5-3-2-4-6-17)26-19(15)14-7-9-16(23)10-8-14/h2-12H,1H3/b18-11-. The summed E-state index contributed by atoms with van der Waals surface area (Å²) in [4.78, 5) is 28.8. The van der Waals surface area contributed by atoms with Crippen LogP contribution in [0.15, 0.2) is 70.4 Å². The van der Waals surface area contributed by atoms with Gasteiger partial charge in [0, 0.05) is 17.3 Å². The molecule has 0 amide bonds. The fraction of sp³-hybridized carbons (Fsp3) is 0.0455. The van der Waals surface area contributed by atoms with Crippen molar-refractivity contribution in [3.8, 4) is 16.9 Å². The Labute approximate surface area is 178 Å². The van der Waals surface area contributed by atoms with Gasteiger partial charge in [-0.15, -0.1) is 0 Å². The van der Waals surface area contributed by atoms with Gasteiger partial charge in [-0.25, -0.2) is 9.07 Å². The molecule has 3 heterocycles. The molecule has 0 atom stereocenters. The lowest BCUT2D eigenvalue weighted by Gasteiger charge is -2.00. The number of halogens is 1. The van der Waals surface area contributed by atoms with E-state index in [-0.39, 0.29) is 22.0 Å². The number of thiazole rings is 1. The van der Waals surface area contributed by atoms with E-state index in [0.29, 0.717) is 21.4 Å². The Morgan fingerprint density at radius 1 is 1.00 bits per heavy atom. The lowest BCUT2D eigenvalue weighted by molar-refractivity contribution is 0.628. The average molecular weight is 431 g/mol. The molecule has 0 bridgehead atoms. The third kappa shape index (κ3) is 3.44. The predicted molar refractivity (Wildman–Crippen MR) is 116 cm³/mol. The molecular weight excluding hydrogens is 417 g/mol. The zero-order valence-corrected chi connectivity index (χ0v) is 17.0. The molecule has 0 aliphatic carbocycles. The van der Waals surface area contributed by atoms with Gasteiger partial charge in [0.1, 0.15) is 17.2 Å². The Morgan fingerprint density at radius 2 is 1.74 bits per heavy atom. The number of rotatable bonds is 3. The number of hydrogen-bond donors (Lipinski definition) is 0. The van der Waals surface area contributed by atoms with E-state index in [1.165, 1.54) is 19.1 Å². The lowest BCUT2D eigenvalue weighted by atomic mass is 10.1. The van der Waals surface area contributed by atoms with Gasteiger partial charge in [0.15, 0.2) is 0 Å². The molecule has 0 aliphatic heterocycles. The van der Waals surface area contributed by atoms with Crippen LogP contribution < -0.4 is 15.7 Å². The Balaban J connectivity index is 1.75. The van der Waals surface area contributed by atoms with Crippen LogP contribution in [0, 0.1) is 12.7 Å². The van der Waals surface area contributed by atoms with E-state index < -0.39 is 5.56 Å². The summed E-state index contributed by atoms with van der Waals surface area (Å²) in [6.07, 6.45) is 3.49. The highest BCUT2D eigenvalue weighted by molar-refractivity contribution is 7.15. The summed E-state index contributed by atoms with van der Waals surface area (Å²) < 4.78 is 16.6. The fourth-order valence-corrected chi connectivity index (χ4v) is 4.06. The molecule has 0 N–H and O–H groups in total. The van der Waals surface area contributed by atoms with Gasteiger partial charge < -0.3 is 0 Å². The first kappa shape index (κ1) is 19.0. The first-order valence-corrected chi connectivity index (χ1v) is 10.1. The molecule has 0 unspecified atom stereocenters. The highest BCUT2D eigenvalue weighted by atomic mass is 32.1. The van der Waals surface area contributed by atoms with Crippen LogP contribution in [0.4, 0.5) is 4.39 Å². The summed E-state index contributed by atoms with van der Waals surface area (Å²) in [5, 5.41) is 8.70. The van der Waals surface area contributed by atoms with E-state index in [0.717, 1.165) is 21.5 Å². The molecule has 0 saturated carbocycles. The summed E-state index contributed by atoms with van der Waals surface area (Å²) in [5.41, 5.74) is 2.13. The molecule has 0 fully saturated rings. The SMILES string of the molecule is Cc1nn2c(=O)/c(=C/c3cn(-c4ccccc4)nc3-c3ccc(F)cc3)sc2nc1=O. The second-order valence-electron chi connectivity index (χ2n) is 6.83. The smallest absolute Gasteiger partial charge is 0.266 e. The Kier molecular flexibility index (Phi) is 4.52. The first-order chi connectivity index (χ1) is 15.0. The molecule has 3 aromatic heterocycles. The molecule has 152 valence electrons. The van der Waals surface area contributed by atoms with E-state index in [1.807, 2.05) is 30.3 Å². The molecule has 2 aromatic carbocycles. The maximum Gasteiger partial charge on any atom is 0.295 e. The maximum absolute atomic E-state index is 13.4. The van der Waals surface area contributed by atoms with Crippen LogP contribution in [0.5, 0.6) is 0 Å². The van der Waals surface area contributed by atoms with E-state index >= 15 is 0 Å². The van der Waals surface area contributed by atoms with Crippen molar-refractivity contribution >= 4 is 22.4 Å². The van der Waals surface area contributed by atoms with E-state index in [4.69, 9.17) is 0 Å². The van der Waals surface area contributed by atoms with Crippen molar-refractivity contribution in [2.45, 2.75) is 6.92 Å². The highest BCUT2D eigenvalue weighted by Gasteiger charge is 2.13. The number of aromatic nitrogens is 5. The largest absolute Gasteiger partial charge is 0.295 e. The number of para-hydroxylation sites is 1. The molecule has 9 heteroatoms. The normalized spacial score (nSPS) is 12.0. The minimum atomic E-state index is -0.461. The van der Waals surface area contributed by atoms with Crippen molar-refractivity contribution in [3.05, 3.63) is 103 Å². The first-order valence-electron chi connectivity index (χ1n) is 9.33. The van der Waals surface area contributed by atoms with Gasteiger partial charge in [-0.3, -0.25) is 9.59 Å². The van der Waals surface area contributed by atoms with Gasteiger partial charge in [-0.1, -0.05) is 29.5 Å². The van der Waals surface area contributed by atoms with Crippen molar-refractivity contribution < 1.29 is 4.39 Å². The molecule has 0 aliphatic rings. The topological polar surface area (TPSA) is 82.2 Å². The summed E-state index contributed by atoms with van der Waals surface area (Å²) in [6.45, 7) is 1.51. The minimum Gasteiger partial charge on any atom is -0.266 e.